The zero-order valence-electron chi connectivity index (χ0n) is 64.1. The Hall–Kier alpha value is -2.98. The highest BCUT2D eigenvalue weighted by atomic mass is 31.2. The Labute approximate surface area is 610 Å². The Morgan fingerprint density at radius 2 is 0.490 bits per heavy atom. The fraction of sp³-hybridized carbons (Fsp3) is 0.852. The standard InChI is InChI=1S/C81H150O17P2/c1-5-9-13-17-21-25-29-33-37-41-45-49-53-57-61-65-78(83)91-71-76(97-80(85)67-63-59-55-51-47-43-39-35-31-27-23-19-15-11-7-3)73-95-99(87,88)93-69-75(82)70-94-100(89,90)96-74-77(98-81(86)68-64-60-56-52-48-44-40-36-32-28-24-20-16-12-8-4)72-92-79(84)66-62-58-54-50-46-42-38-34-30-26-22-18-14-10-6-2/h21,24-25,28,33,36-37,40,75-77,82H,5-20,22-23,26-27,29-32,34-35,38-39,41-74H2,1-4H3,(H,87,88)(H,89,90)/b25-21-,28-24-,37-33-,40-36-/t75-,76-,77-/m1/s1. The van der Waals surface area contributed by atoms with E-state index < -0.39 is 97.5 Å². The summed E-state index contributed by atoms with van der Waals surface area (Å²) in [6, 6.07) is 0. The van der Waals surface area contributed by atoms with E-state index in [1.165, 1.54) is 173 Å². The summed E-state index contributed by atoms with van der Waals surface area (Å²) in [6.07, 6.45) is 72.2. The van der Waals surface area contributed by atoms with Crippen LogP contribution in [0.5, 0.6) is 0 Å². The van der Waals surface area contributed by atoms with Crippen molar-refractivity contribution in [3.8, 4) is 0 Å². The first-order chi connectivity index (χ1) is 48.7. The molecule has 0 aromatic rings. The molecule has 586 valence electrons. The number of unbranched alkanes of at least 4 members (excludes halogenated alkanes) is 44. The molecule has 100 heavy (non-hydrogen) atoms. The molecule has 0 spiro atoms. The van der Waals surface area contributed by atoms with Gasteiger partial charge in [-0.2, -0.15) is 0 Å². The molecule has 2 unspecified atom stereocenters. The molecule has 19 heteroatoms. The maximum absolute atomic E-state index is 13.1. The lowest BCUT2D eigenvalue weighted by Crippen LogP contribution is -2.30. The number of rotatable bonds is 78. The van der Waals surface area contributed by atoms with Gasteiger partial charge in [0.1, 0.15) is 19.3 Å². The van der Waals surface area contributed by atoms with Crippen LogP contribution in [-0.2, 0) is 65.4 Å². The summed E-state index contributed by atoms with van der Waals surface area (Å²) in [5, 5.41) is 10.6. The van der Waals surface area contributed by atoms with E-state index in [1.54, 1.807) is 0 Å². The van der Waals surface area contributed by atoms with Gasteiger partial charge in [-0.3, -0.25) is 37.3 Å². The molecule has 0 aliphatic heterocycles. The van der Waals surface area contributed by atoms with E-state index in [-0.39, 0.29) is 25.7 Å². The summed E-state index contributed by atoms with van der Waals surface area (Å²) in [5.41, 5.74) is 0. The van der Waals surface area contributed by atoms with Gasteiger partial charge in [0.25, 0.3) is 0 Å². The van der Waals surface area contributed by atoms with Crippen molar-refractivity contribution in [1.82, 2.24) is 0 Å². The molecule has 0 rings (SSSR count). The zero-order chi connectivity index (χ0) is 73.2. The molecule has 0 bridgehead atoms. The van der Waals surface area contributed by atoms with Crippen molar-refractivity contribution in [3.63, 3.8) is 0 Å². The van der Waals surface area contributed by atoms with Crippen LogP contribution in [0.1, 0.15) is 387 Å². The van der Waals surface area contributed by atoms with Crippen molar-refractivity contribution in [2.45, 2.75) is 406 Å². The normalized spacial score (nSPS) is 14.1. The fourth-order valence-corrected chi connectivity index (χ4v) is 13.1. The van der Waals surface area contributed by atoms with Crippen LogP contribution in [-0.4, -0.2) is 96.7 Å². The minimum Gasteiger partial charge on any atom is -0.462 e. The second-order valence-electron chi connectivity index (χ2n) is 27.7. The van der Waals surface area contributed by atoms with Crippen molar-refractivity contribution in [2.75, 3.05) is 39.6 Å². The summed E-state index contributed by atoms with van der Waals surface area (Å²) in [4.78, 5) is 73.0. The number of allylic oxidation sites excluding steroid dienone is 8. The second kappa shape index (κ2) is 74.3. The van der Waals surface area contributed by atoms with Crippen LogP contribution in [0.4, 0.5) is 0 Å². The van der Waals surface area contributed by atoms with Gasteiger partial charge in [-0.25, -0.2) is 9.13 Å². The first-order valence-corrected chi connectivity index (χ1v) is 43.9. The Morgan fingerprint density at radius 1 is 0.280 bits per heavy atom. The molecule has 0 aromatic heterocycles. The molecule has 17 nitrogen and oxygen atoms in total. The summed E-state index contributed by atoms with van der Waals surface area (Å²) < 4.78 is 68.7. The largest absolute Gasteiger partial charge is 0.472 e. The molecule has 3 N–H and O–H groups in total. The number of carbonyl (C=O) groups is 4. The van der Waals surface area contributed by atoms with Crippen LogP contribution in [0.25, 0.3) is 0 Å². The average molecular weight is 1460 g/mol. The number of carbonyl (C=O) groups excluding carboxylic acids is 4. The molecule has 0 heterocycles. The molecule has 0 aliphatic carbocycles. The Balaban J connectivity index is 5.33. The van der Waals surface area contributed by atoms with Gasteiger partial charge in [-0.05, 0) is 89.9 Å². The SMILES string of the molecule is CCCCC/C=C\C/C=C\CCCCCCCC(=O)OC[C@H](COP(=O)(O)OC[C@@H](O)COP(=O)(O)OC[C@@H](COC(=O)CCCCCCCCCCCCCCCCC)OC(=O)CCCCCCC/C=C\C/C=C\CCCCC)OC(=O)CCCCCCCCCCCCCCCCC. The van der Waals surface area contributed by atoms with Crippen molar-refractivity contribution < 1.29 is 80.2 Å². The van der Waals surface area contributed by atoms with Crippen molar-refractivity contribution in [2.24, 2.45) is 0 Å². The van der Waals surface area contributed by atoms with Crippen molar-refractivity contribution in [3.05, 3.63) is 48.6 Å². The van der Waals surface area contributed by atoms with Gasteiger partial charge in [-0.15, -0.1) is 0 Å². The number of phosphoric ester groups is 2. The van der Waals surface area contributed by atoms with Gasteiger partial charge in [0.05, 0.1) is 26.4 Å². The molecule has 0 fully saturated rings. The molecular formula is C81H150O17P2. The van der Waals surface area contributed by atoms with Crippen LogP contribution >= 0.6 is 15.6 Å². The lowest BCUT2D eigenvalue weighted by Gasteiger charge is -2.21. The molecular weight excluding hydrogens is 1310 g/mol. The second-order valence-corrected chi connectivity index (χ2v) is 30.6. The van der Waals surface area contributed by atoms with Gasteiger partial charge >= 0.3 is 39.5 Å². The van der Waals surface area contributed by atoms with E-state index in [0.717, 1.165) is 135 Å². The zero-order valence-corrected chi connectivity index (χ0v) is 65.9. The molecule has 0 saturated carbocycles. The van der Waals surface area contributed by atoms with Crippen LogP contribution in [0.15, 0.2) is 48.6 Å². The van der Waals surface area contributed by atoms with Gasteiger partial charge in [0, 0.05) is 25.7 Å². The maximum atomic E-state index is 13.1. The number of aliphatic hydroxyl groups is 1. The number of hydrogen-bond acceptors (Lipinski definition) is 15. The number of aliphatic hydroxyl groups excluding tert-OH is 1. The Morgan fingerprint density at radius 3 is 0.760 bits per heavy atom. The molecule has 0 aromatic carbocycles. The Kier molecular flexibility index (Phi) is 72.1. The molecule has 0 saturated heterocycles. The first-order valence-electron chi connectivity index (χ1n) is 40.9. The van der Waals surface area contributed by atoms with E-state index in [4.69, 9.17) is 37.0 Å². The molecule has 0 radical (unpaired) electrons. The average Bonchev–Trinajstić information content (AvgIpc) is 1.01. The maximum Gasteiger partial charge on any atom is 0.472 e. The summed E-state index contributed by atoms with van der Waals surface area (Å²) in [7, 11) is -9.94. The smallest absolute Gasteiger partial charge is 0.462 e. The highest BCUT2D eigenvalue weighted by Crippen LogP contribution is 2.45. The van der Waals surface area contributed by atoms with E-state index in [9.17, 15) is 43.2 Å². The minimum atomic E-state index is -4.97. The topological polar surface area (TPSA) is 237 Å². The quantitative estimate of drug-likeness (QED) is 0.0169. The van der Waals surface area contributed by atoms with Crippen molar-refractivity contribution in [1.29, 1.82) is 0 Å². The highest BCUT2D eigenvalue weighted by Gasteiger charge is 2.30. The van der Waals surface area contributed by atoms with Crippen LogP contribution in [0.2, 0.25) is 0 Å². The minimum absolute atomic E-state index is 0.0853. The van der Waals surface area contributed by atoms with Gasteiger partial charge in [-0.1, -0.05) is 320 Å². The first kappa shape index (κ1) is 97.0. The third-order valence-corrected chi connectivity index (χ3v) is 19.7. The number of phosphoric acid groups is 2. The van der Waals surface area contributed by atoms with Crippen LogP contribution in [0.3, 0.4) is 0 Å². The van der Waals surface area contributed by atoms with Crippen molar-refractivity contribution >= 4 is 39.5 Å². The predicted molar refractivity (Wildman–Crippen MR) is 409 cm³/mol. The summed E-state index contributed by atoms with van der Waals surface area (Å²) >= 11 is 0. The van der Waals surface area contributed by atoms with Gasteiger partial charge in [0.2, 0.25) is 0 Å². The van der Waals surface area contributed by atoms with E-state index in [0.29, 0.717) is 25.7 Å². The Bertz CT molecular complexity index is 2080. The molecule has 0 amide bonds. The van der Waals surface area contributed by atoms with E-state index >= 15 is 0 Å². The van der Waals surface area contributed by atoms with Crippen LogP contribution < -0.4 is 0 Å². The third-order valence-electron chi connectivity index (χ3n) is 17.8. The summed E-state index contributed by atoms with van der Waals surface area (Å²) in [5.74, 6) is -2.16. The molecule has 5 atom stereocenters. The summed E-state index contributed by atoms with van der Waals surface area (Å²) in [6.45, 7) is 4.89. The fourth-order valence-electron chi connectivity index (χ4n) is 11.5. The van der Waals surface area contributed by atoms with Crippen LogP contribution in [0, 0.1) is 0 Å². The predicted octanol–water partition coefficient (Wildman–Crippen LogP) is 23.7. The molecule has 0 aliphatic rings. The van der Waals surface area contributed by atoms with Gasteiger partial charge < -0.3 is 33.8 Å². The number of ether oxygens (including phenoxy) is 4. The van der Waals surface area contributed by atoms with E-state index in [2.05, 4.69) is 76.3 Å². The highest BCUT2D eigenvalue weighted by molar-refractivity contribution is 7.47. The monoisotopic (exact) mass is 1460 g/mol. The lowest BCUT2D eigenvalue weighted by molar-refractivity contribution is -0.161. The third kappa shape index (κ3) is 73.3. The lowest BCUT2D eigenvalue weighted by atomic mass is 10.0. The van der Waals surface area contributed by atoms with Gasteiger partial charge in [0.15, 0.2) is 12.2 Å². The number of esters is 4. The number of hydrogen-bond donors (Lipinski definition) is 3. The van der Waals surface area contributed by atoms with E-state index in [1.807, 2.05) is 0 Å².